The Morgan fingerprint density at radius 1 is 1.17 bits per heavy atom. The van der Waals surface area contributed by atoms with Gasteiger partial charge in [-0.1, -0.05) is 13.0 Å². The highest BCUT2D eigenvalue weighted by Gasteiger charge is 1.98. The molecule has 3 nitrogen and oxygen atoms in total. The van der Waals surface area contributed by atoms with E-state index in [0.717, 1.165) is 39.2 Å². The van der Waals surface area contributed by atoms with Crippen molar-refractivity contribution in [2.24, 2.45) is 0 Å². The van der Waals surface area contributed by atoms with Crippen LogP contribution in [-0.4, -0.2) is 33.5 Å². The van der Waals surface area contributed by atoms with Crippen molar-refractivity contribution in [3.63, 3.8) is 0 Å². The number of methoxy groups -OCH3 is 1. The van der Waals surface area contributed by atoms with Crippen LogP contribution >= 0.6 is 0 Å². The van der Waals surface area contributed by atoms with Gasteiger partial charge in [0.15, 0.2) is 0 Å². The minimum Gasteiger partial charge on any atom is -0.385 e. The van der Waals surface area contributed by atoms with Crippen molar-refractivity contribution in [1.29, 1.82) is 0 Å². The summed E-state index contributed by atoms with van der Waals surface area (Å²) in [5.41, 5.74) is 3.94. The Kier molecular flexibility index (Phi) is 7.46. The average molecular weight is 251 g/mol. The Balaban J connectivity index is 2.19. The van der Waals surface area contributed by atoms with E-state index in [1.807, 2.05) is 0 Å². The minimum atomic E-state index is 0.735. The molecule has 0 radical (unpaired) electrons. The lowest BCUT2D eigenvalue weighted by Crippen LogP contribution is -2.11. The van der Waals surface area contributed by atoms with Gasteiger partial charge in [0.1, 0.15) is 0 Å². The van der Waals surface area contributed by atoms with E-state index in [2.05, 4.69) is 37.4 Å². The van der Waals surface area contributed by atoms with E-state index in [0.29, 0.717) is 0 Å². The second-order valence-electron chi connectivity index (χ2n) is 4.38. The lowest BCUT2D eigenvalue weighted by Gasteiger charge is -2.10. The fraction of sp³-hybridized carbons (Fsp3) is 0.600. The topological polar surface area (TPSA) is 30.5 Å². The summed E-state index contributed by atoms with van der Waals surface area (Å²) in [5.74, 6) is 0. The fourth-order valence-corrected chi connectivity index (χ4v) is 1.84. The van der Waals surface area contributed by atoms with Crippen LogP contribution in [-0.2, 0) is 15.9 Å². The lowest BCUT2D eigenvalue weighted by atomic mass is 10.1. The highest BCUT2D eigenvalue weighted by molar-refractivity contribution is 5.48. The van der Waals surface area contributed by atoms with Gasteiger partial charge in [-0.15, -0.1) is 0 Å². The van der Waals surface area contributed by atoms with Crippen molar-refractivity contribution in [2.45, 2.75) is 26.7 Å². The molecular formula is C15H25NO2. The zero-order valence-corrected chi connectivity index (χ0v) is 11.8. The highest BCUT2D eigenvalue weighted by atomic mass is 16.5. The maximum Gasteiger partial charge on any atom is 0.0639 e. The number of rotatable bonds is 9. The van der Waals surface area contributed by atoms with Gasteiger partial charge in [0.25, 0.3) is 0 Å². The van der Waals surface area contributed by atoms with Crippen molar-refractivity contribution >= 4 is 5.69 Å². The van der Waals surface area contributed by atoms with Gasteiger partial charge in [-0.3, -0.25) is 0 Å². The SMILES string of the molecule is CCc1cc(NCCOCCCOC)ccc1C. The quantitative estimate of drug-likeness (QED) is 0.684. The molecule has 0 saturated heterocycles. The third-order valence-corrected chi connectivity index (χ3v) is 2.94. The number of benzene rings is 1. The van der Waals surface area contributed by atoms with E-state index in [9.17, 15) is 0 Å². The maximum absolute atomic E-state index is 5.50. The van der Waals surface area contributed by atoms with Crippen molar-refractivity contribution < 1.29 is 9.47 Å². The fourth-order valence-electron chi connectivity index (χ4n) is 1.84. The summed E-state index contributed by atoms with van der Waals surface area (Å²) in [6.45, 7) is 7.46. The molecule has 0 spiro atoms. The number of hydrogen-bond donors (Lipinski definition) is 1. The first-order valence-electron chi connectivity index (χ1n) is 6.68. The molecular weight excluding hydrogens is 226 g/mol. The second kappa shape index (κ2) is 8.95. The molecule has 0 aromatic heterocycles. The smallest absolute Gasteiger partial charge is 0.0639 e. The van der Waals surface area contributed by atoms with Crippen LogP contribution in [0.2, 0.25) is 0 Å². The normalized spacial score (nSPS) is 10.6. The minimum absolute atomic E-state index is 0.735. The number of hydrogen-bond acceptors (Lipinski definition) is 3. The van der Waals surface area contributed by atoms with Crippen LogP contribution in [0.15, 0.2) is 18.2 Å². The number of aryl methyl sites for hydroxylation is 2. The van der Waals surface area contributed by atoms with Crippen LogP contribution in [0.5, 0.6) is 0 Å². The predicted octanol–water partition coefficient (Wildman–Crippen LogP) is 3.02. The van der Waals surface area contributed by atoms with E-state index in [1.54, 1.807) is 7.11 Å². The molecule has 0 saturated carbocycles. The summed E-state index contributed by atoms with van der Waals surface area (Å²) < 4.78 is 10.5. The summed E-state index contributed by atoms with van der Waals surface area (Å²) in [6.07, 6.45) is 2.04. The van der Waals surface area contributed by atoms with Crippen molar-refractivity contribution in [1.82, 2.24) is 0 Å². The number of ether oxygens (including phenoxy) is 2. The highest BCUT2D eigenvalue weighted by Crippen LogP contribution is 2.15. The van der Waals surface area contributed by atoms with Gasteiger partial charge in [-0.25, -0.2) is 0 Å². The largest absolute Gasteiger partial charge is 0.385 e. The molecule has 1 aromatic carbocycles. The van der Waals surface area contributed by atoms with Crippen LogP contribution in [0.1, 0.15) is 24.5 Å². The maximum atomic E-state index is 5.50. The average Bonchev–Trinajstić information content (AvgIpc) is 2.39. The van der Waals surface area contributed by atoms with Crippen molar-refractivity contribution in [2.75, 3.05) is 38.8 Å². The summed E-state index contributed by atoms with van der Waals surface area (Å²) in [6, 6.07) is 6.51. The van der Waals surface area contributed by atoms with Gasteiger partial charge in [0.05, 0.1) is 6.61 Å². The molecule has 18 heavy (non-hydrogen) atoms. The molecule has 1 aromatic rings. The lowest BCUT2D eigenvalue weighted by molar-refractivity contribution is 0.109. The molecule has 0 aliphatic carbocycles. The summed E-state index contributed by atoms with van der Waals surface area (Å²) in [5, 5.41) is 3.38. The Morgan fingerprint density at radius 2 is 2.00 bits per heavy atom. The molecule has 0 amide bonds. The van der Waals surface area contributed by atoms with Crippen LogP contribution in [0.3, 0.4) is 0 Å². The molecule has 102 valence electrons. The van der Waals surface area contributed by atoms with E-state index in [-0.39, 0.29) is 0 Å². The predicted molar refractivity (Wildman–Crippen MR) is 76.4 cm³/mol. The molecule has 0 bridgehead atoms. The third-order valence-electron chi connectivity index (χ3n) is 2.94. The monoisotopic (exact) mass is 251 g/mol. The Morgan fingerprint density at radius 3 is 2.72 bits per heavy atom. The standard InChI is InChI=1S/C15H25NO2/c1-4-14-12-15(7-6-13(14)2)16-8-11-18-10-5-9-17-3/h6-7,12,16H,4-5,8-11H2,1-3H3. The van der Waals surface area contributed by atoms with Gasteiger partial charge < -0.3 is 14.8 Å². The molecule has 0 atom stereocenters. The molecule has 0 unspecified atom stereocenters. The molecule has 0 fully saturated rings. The molecule has 0 heterocycles. The van der Waals surface area contributed by atoms with Gasteiger partial charge in [0, 0.05) is 32.6 Å². The van der Waals surface area contributed by atoms with Crippen LogP contribution in [0, 0.1) is 6.92 Å². The first-order valence-corrected chi connectivity index (χ1v) is 6.68. The van der Waals surface area contributed by atoms with Crippen LogP contribution < -0.4 is 5.32 Å². The van der Waals surface area contributed by atoms with Gasteiger partial charge >= 0.3 is 0 Å². The Bertz CT molecular complexity index is 339. The molecule has 3 heteroatoms. The Hall–Kier alpha value is -1.06. The van der Waals surface area contributed by atoms with Crippen LogP contribution in [0.25, 0.3) is 0 Å². The van der Waals surface area contributed by atoms with E-state index >= 15 is 0 Å². The zero-order chi connectivity index (χ0) is 13.2. The van der Waals surface area contributed by atoms with Crippen molar-refractivity contribution in [3.05, 3.63) is 29.3 Å². The first kappa shape index (κ1) is 15.0. The van der Waals surface area contributed by atoms with Gasteiger partial charge in [-0.2, -0.15) is 0 Å². The van der Waals surface area contributed by atoms with E-state index < -0.39 is 0 Å². The second-order valence-corrected chi connectivity index (χ2v) is 4.38. The van der Waals surface area contributed by atoms with E-state index in [4.69, 9.17) is 9.47 Å². The van der Waals surface area contributed by atoms with Gasteiger partial charge in [-0.05, 0) is 43.0 Å². The summed E-state index contributed by atoms with van der Waals surface area (Å²) >= 11 is 0. The van der Waals surface area contributed by atoms with Gasteiger partial charge in [0.2, 0.25) is 0 Å². The third kappa shape index (κ3) is 5.52. The molecule has 1 rings (SSSR count). The Labute approximate surface area is 110 Å². The molecule has 1 N–H and O–H groups in total. The summed E-state index contributed by atoms with van der Waals surface area (Å²) in [7, 11) is 1.71. The molecule has 0 aliphatic rings. The van der Waals surface area contributed by atoms with Crippen LogP contribution in [0.4, 0.5) is 5.69 Å². The number of nitrogens with one attached hydrogen (secondary N) is 1. The zero-order valence-electron chi connectivity index (χ0n) is 11.8. The molecule has 0 aliphatic heterocycles. The number of anilines is 1. The first-order chi connectivity index (χ1) is 8.77. The van der Waals surface area contributed by atoms with Crippen molar-refractivity contribution in [3.8, 4) is 0 Å². The summed E-state index contributed by atoms with van der Waals surface area (Å²) in [4.78, 5) is 0. The van der Waals surface area contributed by atoms with E-state index in [1.165, 1.54) is 16.8 Å².